The zero-order chi connectivity index (χ0) is 16.5. The minimum absolute atomic E-state index is 0.0766. The largest absolute Gasteiger partial charge is 0.317 e. The average molecular weight is 314 g/mol. The normalized spacial score (nSPS) is 17.5. The molecule has 116 valence electrons. The SMILES string of the molecule is C=CCN1C(=O)/C(=C\c2ccc(C(C)(C)C)cc2)N(C)C1=S. The molecule has 0 aromatic heterocycles. The van der Waals surface area contributed by atoms with Crippen LogP contribution >= 0.6 is 12.2 Å². The maximum atomic E-state index is 12.4. The fraction of sp³-hybridized carbons (Fsp3) is 0.333. The molecule has 0 aliphatic carbocycles. The second-order valence-electron chi connectivity index (χ2n) is 6.45. The fourth-order valence-corrected chi connectivity index (χ4v) is 2.59. The summed E-state index contributed by atoms with van der Waals surface area (Å²) in [5.74, 6) is -0.0766. The van der Waals surface area contributed by atoms with Crippen molar-refractivity contribution in [3.05, 3.63) is 53.7 Å². The summed E-state index contributed by atoms with van der Waals surface area (Å²) < 4.78 is 0. The van der Waals surface area contributed by atoms with Gasteiger partial charge in [-0.3, -0.25) is 9.69 Å². The molecule has 0 N–H and O–H groups in total. The summed E-state index contributed by atoms with van der Waals surface area (Å²) >= 11 is 5.31. The van der Waals surface area contributed by atoms with E-state index in [1.807, 2.05) is 25.3 Å². The summed E-state index contributed by atoms with van der Waals surface area (Å²) in [6.07, 6.45) is 3.56. The highest BCUT2D eigenvalue weighted by molar-refractivity contribution is 7.80. The molecule has 1 aromatic rings. The van der Waals surface area contributed by atoms with Gasteiger partial charge in [-0.25, -0.2) is 0 Å². The molecule has 1 heterocycles. The first kappa shape index (κ1) is 16.4. The van der Waals surface area contributed by atoms with Crippen molar-refractivity contribution >= 4 is 29.3 Å². The Morgan fingerprint density at radius 3 is 2.32 bits per heavy atom. The molecule has 0 unspecified atom stereocenters. The molecule has 1 aliphatic heterocycles. The molecule has 1 amide bonds. The van der Waals surface area contributed by atoms with Gasteiger partial charge in [-0.2, -0.15) is 0 Å². The summed E-state index contributed by atoms with van der Waals surface area (Å²) in [6.45, 7) is 10.6. The molecule has 4 heteroatoms. The van der Waals surface area contributed by atoms with Crippen LogP contribution in [-0.4, -0.2) is 34.4 Å². The third-order valence-corrected chi connectivity index (χ3v) is 4.23. The Morgan fingerprint density at radius 1 is 1.23 bits per heavy atom. The van der Waals surface area contributed by atoms with E-state index in [9.17, 15) is 4.79 Å². The van der Waals surface area contributed by atoms with E-state index in [2.05, 4.69) is 39.5 Å². The van der Waals surface area contributed by atoms with Crippen molar-refractivity contribution < 1.29 is 4.79 Å². The van der Waals surface area contributed by atoms with Gasteiger partial charge in [-0.05, 0) is 34.8 Å². The smallest absolute Gasteiger partial charge is 0.277 e. The van der Waals surface area contributed by atoms with E-state index in [0.717, 1.165) is 5.56 Å². The first-order valence-electron chi connectivity index (χ1n) is 7.28. The Hall–Kier alpha value is -1.94. The van der Waals surface area contributed by atoms with Gasteiger partial charge >= 0.3 is 0 Å². The van der Waals surface area contributed by atoms with Crippen molar-refractivity contribution in [1.29, 1.82) is 0 Å². The van der Waals surface area contributed by atoms with Crippen LogP contribution in [0.15, 0.2) is 42.6 Å². The quantitative estimate of drug-likeness (QED) is 0.484. The first-order valence-corrected chi connectivity index (χ1v) is 7.69. The van der Waals surface area contributed by atoms with Crippen molar-refractivity contribution in [3.63, 3.8) is 0 Å². The van der Waals surface area contributed by atoms with E-state index >= 15 is 0 Å². The number of thiocarbonyl (C=S) groups is 1. The third-order valence-electron chi connectivity index (χ3n) is 3.74. The lowest BCUT2D eigenvalue weighted by molar-refractivity contribution is -0.122. The van der Waals surface area contributed by atoms with E-state index in [1.165, 1.54) is 5.56 Å². The molecule has 0 radical (unpaired) electrons. The molecule has 1 aromatic carbocycles. The number of hydrogen-bond donors (Lipinski definition) is 0. The van der Waals surface area contributed by atoms with Crippen LogP contribution in [0.5, 0.6) is 0 Å². The fourth-order valence-electron chi connectivity index (χ4n) is 2.34. The Balaban J connectivity index is 2.31. The van der Waals surface area contributed by atoms with Crippen molar-refractivity contribution in [2.24, 2.45) is 0 Å². The number of rotatable bonds is 3. The van der Waals surface area contributed by atoms with Crippen LogP contribution in [0.4, 0.5) is 0 Å². The van der Waals surface area contributed by atoms with Gasteiger partial charge in [-0.1, -0.05) is 51.1 Å². The van der Waals surface area contributed by atoms with Gasteiger partial charge in [0.25, 0.3) is 5.91 Å². The van der Waals surface area contributed by atoms with Crippen LogP contribution in [0.2, 0.25) is 0 Å². The zero-order valence-corrected chi connectivity index (χ0v) is 14.4. The van der Waals surface area contributed by atoms with Crippen molar-refractivity contribution in [3.8, 4) is 0 Å². The first-order chi connectivity index (χ1) is 10.3. The molecule has 2 rings (SSSR count). The van der Waals surface area contributed by atoms with Crippen LogP contribution in [0, 0.1) is 0 Å². The molecule has 0 bridgehead atoms. The molecule has 1 saturated heterocycles. The second kappa shape index (κ2) is 6.05. The van der Waals surface area contributed by atoms with Crippen LogP contribution in [0.25, 0.3) is 6.08 Å². The Morgan fingerprint density at radius 2 is 1.82 bits per heavy atom. The van der Waals surface area contributed by atoms with Crippen molar-refractivity contribution in [1.82, 2.24) is 9.80 Å². The van der Waals surface area contributed by atoms with Gasteiger partial charge in [0.15, 0.2) is 5.11 Å². The Kier molecular flexibility index (Phi) is 4.52. The molecule has 3 nitrogen and oxygen atoms in total. The summed E-state index contributed by atoms with van der Waals surface area (Å²) in [4.78, 5) is 15.7. The lowest BCUT2D eigenvalue weighted by atomic mass is 9.87. The highest BCUT2D eigenvalue weighted by Gasteiger charge is 2.34. The van der Waals surface area contributed by atoms with Crippen LogP contribution in [0.3, 0.4) is 0 Å². The third kappa shape index (κ3) is 3.12. The minimum atomic E-state index is -0.0766. The van der Waals surface area contributed by atoms with Gasteiger partial charge in [-0.15, -0.1) is 6.58 Å². The number of nitrogens with zero attached hydrogens (tertiary/aromatic N) is 2. The van der Waals surface area contributed by atoms with Gasteiger partial charge in [0.2, 0.25) is 0 Å². The van der Waals surface area contributed by atoms with E-state index < -0.39 is 0 Å². The molecular formula is C18H22N2OS. The van der Waals surface area contributed by atoms with Gasteiger partial charge < -0.3 is 4.90 Å². The van der Waals surface area contributed by atoms with Gasteiger partial charge in [0.1, 0.15) is 5.70 Å². The lowest BCUT2D eigenvalue weighted by Crippen LogP contribution is -2.31. The predicted octanol–water partition coefficient (Wildman–Crippen LogP) is 3.57. The molecule has 0 saturated carbocycles. The summed E-state index contributed by atoms with van der Waals surface area (Å²) in [7, 11) is 1.82. The highest BCUT2D eigenvalue weighted by atomic mass is 32.1. The molecule has 0 spiro atoms. The Labute approximate surface area is 137 Å². The maximum Gasteiger partial charge on any atom is 0.277 e. The predicted molar refractivity (Wildman–Crippen MR) is 95.4 cm³/mol. The standard InChI is InChI=1S/C18H22N2OS/c1-6-11-20-16(21)15(19(5)17(20)22)12-13-7-9-14(10-8-13)18(2,3)4/h6-10,12H,1,11H2,2-5H3/b15-12+. The topological polar surface area (TPSA) is 23.6 Å². The molecule has 1 fully saturated rings. The van der Waals surface area contributed by atoms with Gasteiger partial charge in [0.05, 0.1) is 0 Å². The van der Waals surface area contributed by atoms with E-state index in [4.69, 9.17) is 12.2 Å². The second-order valence-corrected chi connectivity index (χ2v) is 6.81. The number of hydrogen-bond acceptors (Lipinski definition) is 2. The molecule has 1 aliphatic rings. The summed E-state index contributed by atoms with van der Waals surface area (Å²) in [6, 6.07) is 8.28. The molecule has 22 heavy (non-hydrogen) atoms. The molecule has 0 atom stereocenters. The Bertz CT molecular complexity index is 638. The number of amides is 1. The van der Waals surface area contributed by atoms with Crippen LogP contribution in [0.1, 0.15) is 31.9 Å². The number of carbonyl (C=O) groups excluding carboxylic acids is 1. The zero-order valence-electron chi connectivity index (χ0n) is 13.6. The van der Waals surface area contributed by atoms with Crippen LogP contribution < -0.4 is 0 Å². The highest BCUT2D eigenvalue weighted by Crippen LogP contribution is 2.25. The number of likely N-dealkylation sites (N-methyl/N-ethyl adjacent to an activating group) is 1. The average Bonchev–Trinajstić information content (AvgIpc) is 2.65. The van der Waals surface area contributed by atoms with Crippen LogP contribution in [-0.2, 0) is 10.2 Å². The monoisotopic (exact) mass is 314 g/mol. The number of benzene rings is 1. The van der Waals surface area contributed by atoms with E-state index in [0.29, 0.717) is 17.4 Å². The minimum Gasteiger partial charge on any atom is -0.317 e. The van der Waals surface area contributed by atoms with E-state index in [1.54, 1.807) is 15.9 Å². The van der Waals surface area contributed by atoms with E-state index in [-0.39, 0.29) is 11.3 Å². The van der Waals surface area contributed by atoms with Crippen molar-refractivity contribution in [2.75, 3.05) is 13.6 Å². The summed E-state index contributed by atoms with van der Waals surface area (Å²) in [5, 5.41) is 0.516. The summed E-state index contributed by atoms with van der Waals surface area (Å²) in [5.41, 5.74) is 2.97. The molecular weight excluding hydrogens is 292 g/mol. The van der Waals surface area contributed by atoms with Gasteiger partial charge in [0, 0.05) is 13.6 Å². The van der Waals surface area contributed by atoms with Crippen molar-refractivity contribution in [2.45, 2.75) is 26.2 Å². The lowest BCUT2D eigenvalue weighted by Gasteiger charge is -2.19. The maximum absolute atomic E-state index is 12.4. The number of carbonyl (C=O) groups is 1.